The SMILES string of the molecule is Cc1cc(Br)cc([N+](=O)[O-])c1OC1CC(N)C1. The van der Waals surface area contributed by atoms with Crippen molar-refractivity contribution in [1.82, 2.24) is 0 Å². The summed E-state index contributed by atoms with van der Waals surface area (Å²) in [5, 5.41) is 11.0. The van der Waals surface area contributed by atoms with Gasteiger partial charge in [0.1, 0.15) is 6.10 Å². The van der Waals surface area contributed by atoms with Crippen LogP contribution in [0.15, 0.2) is 16.6 Å². The third-order valence-electron chi connectivity index (χ3n) is 2.83. The van der Waals surface area contributed by atoms with Crippen molar-refractivity contribution in [3.05, 3.63) is 32.3 Å². The van der Waals surface area contributed by atoms with Crippen LogP contribution in [0.5, 0.6) is 5.75 Å². The van der Waals surface area contributed by atoms with Crippen LogP contribution in [0.4, 0.5) is 5.69 Å². The summed E-state index contributed by atoms with van der Waals surface area (Å²) in [6.45, 7) is 1.80. The standard InChI is InChI=1S/C11H13BrN2O3/c1-6-2-7(12)3-10(14(15)16)11(6)17-9-4-8(13)5-9/h2-3,8-9H,4-5,13H2,1H3. The molecule has 1 aliphatic carbocycles. The van der Waals surface area contributed by atoms with E-state index in [4.69, 9.17) is 10.5 Å². The lowest BCUT2D eigenvalue weighted by Gasteiger charge is -2.32. The van der Waals surface area contributed by atoms with Gasteiger partial charge < -0.3 is 10.5 Å². The third kappa shape index (κ3) is 2.58. The van der Waals surface area contributed by atoms with Crippen molar-refractivity contribution in [2.75, 3.05) is 0 Å². The van der Waals surface area contributed by atoms with Crippen molar-refractivity contribution >= 4 is 21.6 Å². The molecule has 1 aromatic carbocycles. The van der Waals surface area contributed by atoms with Crippen molar-refractivity contribution in [2.45, 2.75) is 31.9 Å². The van der Waals surface area contributed by atoms with Crippen molar-refractivity contribution in [2.24, 2.45) is 5.73 Å². The fourth-order valence-corrected chi connectivity index (χ4v) is 2.43. The Hall–Kier alpha value is -1.14. The number of nitro groups is 1. The first-order chi connectivity index (χ1) is 7.97. The van der Waals surface area contributed by atoms with E-state index in [0.29, 0.717) is 10.2 Å². The fourth-order valence-electron chi connectivity index (χ4n) is 1.87. The van der Waals surface area contributed by atoms with Gasteiger partial charge in [0.2, 0.25) is 0 Å². The molecule has 5 nitrogen and oxygen atoms in total. The molecule has 0 spiro atoms. The first kappa shape index (κ1) is 12.3. The maximum absolute atomic E-state index is 11.0. The van der Waals surface area contributed by atoms with Crippen LogP contribution in [-0.2, 0) is 0 Å². The quantitative estimate of drug-likeness (QED) is 0.687. The molecule has 2 N–H and O–H groups in total. The molecule has 0 aromatic heterocycles. The van der Waals surface area contributed by atoms with Gasteiger partial charge in [0.15, 0.2) is 5.75 Å². The van der Waals surface area contributed by atoms with Gasteiger partial charge in [-0.25, -0.2) is 0 Å². The van der Waals surface area contributed by atoms with Gasteiger partial charge in [-0.1, -0.05) is 15.9 Å². The largest absolute Gasteiger partial charge is 0.483 e. The van der Waals surface area contributed by atoms with Crippen LogP contribution >= 0.6 is 15.9 Å². The number of benzene rings is 1. The van der Waals surface area contributed by atoms with Crippen LogP contribution in [0.2, 0.25) is 0 Å². The van der Waals surface area contributed by atoms with Gasteiger partial charge in [0.25, 0.3) is 0 Å². The second-order valence-corrected chi connectivity index (χ2v) is 5.22. The van der Waals surface area contributed by atoms with Gasteiger partial charge in [-0.2, -0.15) is 0 Å². The summed E-state index contributed by atoms with van der Waals surface area (Å²) in [5.74, 6) is 0.357. The summed E-state index contributed by atoms with van der Waals surface area (Å²) in [5.41, 5.74) is 6.41. The van der Waals surface area contributed by atoms with E-state index in [9.17, 15) is 10.1 Å². The molecule has 0 saturated heterocycles. The topological polar surface area (TPSA) is 78.4 Å². The van der Waals surface area contributed by atoms with Gasteiger partial charge in [0.05, 0.1) is 4.92 Å². The van der Waals surface area contributed by atoms with E-state index < -0.39 is 4.92 Å². The summed E-state index contributed by atoms with van der Waals surface area (Å²) < 4.78 is 6.34. The molecule has 0 atom stereocenters. The summed E-state index contributed by atoms with van der Waals surface area (Å²) in [6, 6.07) is 3.43. The molecule has 6 heteroatoms. The first-order valence-corrected chi connectivity index (χ1v) is 6.13. The maximum atomic E-state index is 11.0. The van der Waals surface area contributed by atoms with Crippen molar-refractivity contribution in [3.8, 4) is 5.75 Å². The molecular formula is C11H13BrN2O3. The molecule has 1 fully saturated rings. The summed E-state index contributed by atoms with van der Waals surface area (Å²) >= 11 is 3.24. The number of nitrogens with zero attached hydrogens (tertiary/aromatic N) is 1. The molecule has 0 bridgehead atoms. The number of halogens is 1. The van der Waals surface area contributed by atoms with E-state index in [1.807, 2.05) is 0 Å². The van der Waals surface area contributed by atoms with Crippen molar-refractivity contribution in [1.29, 1.82) is 0 Å². The van der Waals surface area contributed by atoms with Gasteiger partial charge in [0, 0.05) is 16.6 Å². The molecule has 17 heavy (non-hydrogen) atoms. The number of rotatable bonds is 3. The first-order valence-electron chi connectivity index (χ1n) is 5.34. The lowest BCUT2D eigenvalue weighted by Crippen LogP contribution is -2.43. The van der Waals surface area contributed by atoms with Crippen LogP contribution in [0.25, 0.3) is 0 Å². The zero-order valence-corrected chi connectivity index (χ0v) is 10.9. The minimum atomic E-state index is -0.425. The highest BCUT2D eigenvalue weighted by Crippen LogP contribution is 2.37. The van der Waals surface area contributed by atoms with E-state index in [1.54, 1.807) is 13.0 Å². The monoisotopic (exact) mass is 300 g/mol. The predicted molar refractivity (Wildman–Crippen MR) is 67.2 cm³/mol. The molecule has 2 rings (SSSR count). The molecular weight excluding hydrogens is 288 g/mol. The van der Waals surface area contributed by atoms with Crippen LogP contribution < -0.4 is 10.5 Å². The average Bonchev–Trinajstić information content (AvgIpc) is 2.18. The molecule has 0 radical (unpaired) electrons. The number of aryl methyl sites for hydroxylation is 1. The Kier molecular flexibility index (Phi) is 3.35. The Bertz CT molecular complexity index is 458. The second-order valence-electron chi connectivity index (χ2n) is 4.30. The minimum Gasteiger partial charge on any atom is -0.483 e. The highest BCUT2D eigenvalue weighted by Gasteiger charge is 2.30. The molecule has 0 unspecified atom stereocenters. The van der Waals surface area contributed by atoms with Gasteiger partial charge in [-0.05, 0) is 31.4 Å². The molecule has 0 heterocycles. The highest BCUT2D eigenvalue weighted by atomic mass is 79.9. The molecule has 1 aliphatic rings. The van der Waals surface area contributed by atoms with E-state index in [0.717, 1.165) is 18.4 Å². The van der Waals surface area contributed by atoms with Crippen molar-refractivity contribution in [3.63, 3.8) is 0 Å². The Balaban J connectivity index is 2.28. The smallest absolute Gasteiger partial charge is 0.312 e. The Morgan fingerprint density at radius 1 is 1.53 bits per heavy atom. The Morgan fingerprint density at radius 3 is 2.71 bits per heavy atom. The van der Waals surface area contributed by atoms with Gasteiger partial charge >= 0.3 is 5.69 Å². The molecule has 0 aliphatic heterocycles. The lowest BCUT2D eigenvalue weighted by atomic mass is 9.90. The van der Waals surface area contributed by atoms with Gasteiger partial charge in [-0.3, -0.25) is 10.1 Å². The Morgan fingerprint density at radius 2 is 2.18 bits per heavy atom. The normalized spacial score (nSPS) is 23.0. The van der Waals surface area contributed by atoms with E-state index in [1.165, 1.54) is 6.07 Å². The summed E-state index contributed by atoms with van der Waals surface area (Å²) in [4.78, 5) is 10.5. The van der Waals surface area contributed by atoms with E-state index >= 15 is 0 Å². The third-order valence-corrected chi connectivity index (χ3v) is 3.29. The lowest BCUT2D eigenvalue weighted by molar-refractivity contribution is -0.386. The predicted octanol–water partition coefficient (Wildman–Crippen LogP) is 2.53. The zero-order chi connectivity index (χ0) is 12.6. The van der Waals surface area contributed by atoms with Crippen LogP contribution in [0.3, 0.4) is 0 Å². The van der Waals surface area contributed by atoms with Gasteiger partial charge in [-0.15, -0.1) is 0 Å². The van der Waals surface area contributed by atoms with Crippen LogP contribution in [0.1, 0.15) is 18.4 Å². The maximum Gasteiger partial charge on any atom is 0.312 e. The Labute approximate surface area is 107 Å². The number of nitrogens with two attached hydrogens (primary N) is 1. The number of ether oxygens (including phenoxy) is 1. The van der Waals surface area contributed by atoms with Crippen molar-refractivity contribution < 1.29 is 9.66 Å². The zero-order valence-electron chi connectivity index (χ0n) is 9.35. The van der Waals surface area contributed by atoms with Crippen LogP contribution in [0, 0.1) is 17.0 Å². The minimum absolute atomic E-state index is 0.00246. The van der Waals surface area contributed by atoms with Crippen LogP contribution in [-0.4, -0.2) is 17.1 Å². The summed E-state index contributed by atoms with van der Waals surface area (Å²) in [6.07, 6.45) is 1.52. The number of hydrogen-bond donors (Lipinski definition) is 1. The molecule has 0 amide bonds. The number of nitro benzene ring substituents is 1. The average molecular weight is 301 g/mol. The highest BCUT2D eigenvalue weighted by molar-refractivity contribution is 9.10. The second kappa shape index (κ2) is 4.62. The number of hydrogen-bond acceptors (Lipinski definition) is 4. The molecule has 1 aromatic rings. The molecule has 1 saturated carbocycles. The van der Waals surface area contributed by atoms with E-state index in [-0.39, 0.29) is 17.8 Å². The fraction of sp³-hybridized carbons (Fsp3) is 0.455. The van der Waals surface area contributed by atoms with E-state index in [2.05, 4.69) is 15.9 Å². The summed E-state index contributed by atoms with van der Waals surface area (Å²) in [7, 11) is 0. The molecule has 92 valence electrons.